The fraction of sp³-hybridized carbons (Fsp3) is 0.267. The van der Waals surface area contributed by atoms with Crippen LogP contribution in [0.1, 0.15) is 20.1 Å². The molecule has 0 fully saturated rings. The van der Waals surface area contributed by atoms with Gasteiger partial charge in [-0.3, -0.25) is 4.79 Å². The van der Waals surface area contributed by atoms with E-state index < -0.39 is 0 Å². The molecule has 5 heteroatoms. The molecule has 106 valence electrons. The van der Waals surface area contributed by atoms with Crippen LogP contribution in [0.2, 0.25) is 0 Å². The van der Waals surface area contributed by atoms with Gasteiger partial charge in [-0.15, -0.1) is 11.3 Å². The summed E-state index contributed by atoms with van der Waals surface area (Å²) in [6, 6.07) is 11.1. The summed E-state index contributed by atoms with van der Waals surface area (Å²) in [5, 5.41) is 12.2. The van der Waals surface area contributed by atoms with Crippen molar-refractivity contribution in [1.82, 2.24) is 5.32 Å². The summed E-state index contributed by atoms with van der Waals surface area (Å²) in [6.45, 7) is 1.78. The third kappa shape index (κ3) is 3.59. The number of amides is 1. The van der Waals surface area contributed by atoms with Crippen LogP contribution in [0.3, 0.4) is 0 Å². The van der Waals surface area contributed by atoms with Crippen LogP contribution in [0.4, 0.5) is 5.69 Å². The second-order valence-electron chi connectivity index (χ2n) is 4.66. The van der Waals surface area contributed by atoms with Gasteiger partial charge in [0.25, 0.3) is 5.91 Å². The third-order valence-electron chi connectivity index (χ3n) is 3.06. The Labute approximate surface area is 122 Å². The summed E-state index contributed by atoms with van der Waals surface area (Å²) in [5.41, 5.74) is 7.45. The largest absolute Gasteiger partial charge is 0.398 e. The molecule has 1 aromatic heterocycles. The Kier molecular flexibility index (Phi) is 4.76. The Morgan fingerprint density at radius 3 is 2.65 bits per heavy atom. The number of nitrogens with one attached hydrogen (secondary N) is 1. The second kappa shape index (κ2) is 6.54. The second-order valence-corrected chi connectivity index (χ2v) is 5.92. The normalized spacial score (nSPS) is 12.1. The lowest BCUT2D eigenvalue weighted by Gasteiger charge is -2.15. The standard InChI is InChI=1S/C15H18N2O2S/c1-10-13(16)8-14(20-10)15(19)17-12(9-18)7-11-5-3-2-4-6-11/h2-6,8,12,18H,7,9,16H2,1H3,(H,17,19). The maximum absolute atomic E-state index is 12.1. The molecule has 1 aromatic carbocycles. The number of hydrogen-bond acceptors (Lipinski definition) is 4. The molecule has 2 rings (SSSR count). The van der Waals surface area contributed by atoms with E-state index in [1.165, 1.54) is 11.3 Å². The Hall–Kier alpha value is -1.85. The minimum atomic E-state index is -0.298. The molecule has 0 saturated carbocycles. The van der Waals surface area contributed by atoms with E-state index in [9.17, 15) is 9.90 Å². The Bertz CT molecular complexity index is 561. The van der Waals surface area contributed by atoms with Gasteiger partial charge in [0, 0.05) is 10.6 Å². The molecule has 0 aliphatic carbocycles. The lowest BCUT2D eigenvalue weighted by molar-refractivity contribution is 0.0920. The van der Waals surface area contributed by atoms with Gasteiger partial charge < -0.3 is 16.2 Å². The highest BCUT2D eigenvalue weighted by Gasteiger charge is 2.16. The number of carbonyl (C=O) groups excluding carboxylic acids is 1. The first-order chi connectivity index (χ1) is 9.60. The first-order valence-electron chi connectivity index (χ1n) is 6.41. The van der Waals surface area contributed by atoms with Crippen molar-refractivity contribution in [3.63, 3.8) is 0 Å². The van der Waals surface area contributed by atoms with Gasteiger partial charge in [0.15, 0.2) is 0 Å². The number of aliphatic hydroxyl groups excluding tert-OH is 1. The maximum atomic E-state index is 12.1. The molecule has 0 bridgehead atoms. The van der Waals surface area contributed by atoms with Crippen molar-refractivity contribution >= 4 is 22.9 Å². The van der Waals surface area contributed by atoms with E-state index in [0.29, 0.717) is 17.0 Å². The molecule has 1 unspecified atom stereocenters. The molecule has 1 atom stereocenters. The first-order valence-corrected chi connectivity index (χ1v) is 7.23. The molecule has 0 saturated heterocycles. The topological polar surface area (TPSA) is 75.3 Å². The van der Waals surface area contributed by atoms with E-state index in [1.807, 2.05) is 37.3 Å². The van der Waals surface area contributed by atoms with E-state index in [1.54, 1.807) is 6.07 Å². The van der Waals surface area contributed by atoms with E-state index in [-0.39, 0.29) is 18.6 Å². The molecule has 20 heavy (non-hydrogen) atoms. The number of hydrogen-bond donors (Lipinski definition) is 3. The lowest BCUT2D eigenvalue weighted by atomic mass is 10.1. The van der Waals surface area contributed by atoms with Crippen molar-refractivity contribution in [3.8, 4) is 0 Å². The molecule has 0 radical (unpaired) electrons. The monoisotopic (exact) mass is 290 g/mol. The molecule has 4 N–H and O–H groups in total. The van der Waals surface area contributed by atoms with Crippen LogP contribution >= 0.6 is 11.3 Å². The summed E-state index contributed by atoms with van der Waals surface area (Å²) >= 11 is 1.36. The van der Waals surface area contributed by atoms with E-state index in [4.69, 9.17) is 5.73 Å². The maximum Gasteiger partial charge on any atom is 0.261 e. The van der Waals surface area contributed by atoms with Crippen molar-refractivity contribution < 1.29 is 9.90 Å². The van der Waals surface area contributed by atoms with Gasteiger partial charge in [-0.2, -0.15) is 0 Å². The van der Waals surface area contributed by atoms with Crippen LogP contribution in [0.5, 0.6) is 0 Å². The minimum Gasteiger partial charge on any atom is -0.398 e. The quantitative estimate of drug-likeness (QED) is 0.788. The molecule has 1 heterocycles. The summed E-state index contributed by atoms with van der Waals surface area (Å²) in [4.78, 5) is 13.6. The lowest BCUT2D eigenvalue weighted by Crippen LogP contribution is -2.38. The minimum absolute atomic E-state index is 0.0968. The van der Waals surface area contributed by atoms with Crippen LogP contribution in [0, 0.1) is 6.92 Å². The highest BCUT2D eigenvalue weighted by atomic mass is 32.1. The molecular formula is C15H18N2O2S. The molecule has 1 amide bonds. The Balaban J connectivity index is 2.01. The SMILES string of the molecule is Cc1sc(C(=O)NC(CO)Cc2ccccc2)cc1N. The van der Waals surface area contributed by atoms with Gasteiger partial charge in [-0.25, -0.2) is 0 Å². The van der Waals surface area contributed by atoms with Gasteiger partial charge in [0.05, 0.1) is 17.5 Å². The van der Waals surface area contributed by atoms with Crippen LogP contribution in [0.25, 0.3) is 0 Å². The van der Waals surface area contributed by atoms with Crippen LogP contribution in [0.15, 0.2) is 36.4 Å². The molecular weight excluding hydrogens is 272 g/mol. The highest BCUT2D eigenvalue weighted by Crippen LogP contribution is 2.23. The number of anilines is 1. The predicted molar refractivity (Wildman–Crippen MR) is 82.0 cm³/mol. The smallest absolute Gasteiger partial charge is 0.261 e. The molecule has 0 aliphatic rings. The van der Waals surface area contributed by atoms with Crippen molar-refractivity contribution in [2.24, 2.45) is 0 Å². The fourth-order valence-electron chi connectivity index (χ4n) is 1.92. The number of aliphatic hydroxyl groups is 1. The van der Waals surface area contributed by atoms with Crippen LogP contribution in [-0.2, 0) is 6.42 Å². The van der Waals surface area contributed by atoms with Crippen molar-refractivity contribution in [3.05, 3.63) is 51.7 Å². The average molecular weight is 290 g/mol. The predicted octanol–water partition coefficient (Wildman–Crippen LogP) is 1.97. The molecule has 0 aliphatic heterocycles. The molecule has 2 aromatic rings. The zero-order chi connectivity index (χ0) is 14.5. The number of aryl methyl sites for hydroxylation is 1. The first kappa shape index (κ1) is 14.6. The summed E-state index contributed by atoms with van der Waals surface area (Å²) in [5.74, 6) is -0.190. The van der Waals surface area contributed by atoms with Crippen molar-refractivity contribution in [1.29, 1.82) is 0 Å². The fourth-order valence-corrected chi connectivity index (χ4v) is 2.77. The average Bonchev–Trinajstić information content (AvgIpc) is 2.79. The van der Waals surface area contributed by atoms with Gasteiger partial charge in [0.2, 0.25) is 0 Å². The van der Waals surface area contributed by atoms with Crippen LogP contribution in [-0.4, -0.2) is 23.7 Å². The number of rotatable bonds is 5. The number of carbonyl (C=O) groups is 1. The van der Waals surface area contributed by atoms with Gasteiger partial charge in [-0.05, 0) is 25.0 Å². The zero-order valence-electron chi connectivity index (χ0n) is 11.3. The van der Waals surface area contributed by atoms with E-state index in [0.717, 1.165) is 10.4 Å². The third-order valence-corrected chi connectivity index (χ3v) is 4.13. The highest BCUT2D eigenvalue weighted by molar-refractivity contribution is 7.14. The number of nitrogen functional groups attached to an aromatic ring is 1. The summed E-state index contributed by atoms with van der Waals surface area (Å²) in [6.07, 6.45) is 0.600. The number of thiophene rings is 1. The van der Waals surface area contributed by atoms with Crippen molar-refractivity contribution in [2.45, 2.75) is 19.4 Å². The number of benzene rings is 1. The Morgan fingerprint density at radius 2 is 2.10 bits per heavy atom. The van der Waals surface area contributed by atoms with Crippen LogP contribution < -0.4 is 11.1 Å². The van der Waals surface area contributed by atoms with Gasteiger partial charge in [0.1, 0.15) is 0 Å². The molecule has 0 spiro atoms. The van der Waals surface area contributed by atoms with Gasteiger partial charge in [-0.1, -0.05) is 30.3 Å². The van der Waals surface area contributed by atoms with Gasteiger partial charge >= 0.3 is 0 Å². The van der Waals surface area contributed by atoms with Crippen molar-refractivity contribution in [2.75, 3.05) is 12.3 Å². The van der Waals surface area contributed by atoms with E-state index >= 15 is 0 Å². The zero-order valence-corrected chi connectivity index (χ0v) is 12.1. The summed E-state index contributed by atoms with van der Waals surface area (Å²) in [7, 11) is 0. The number of nitrogens with two attached hydrogens (primary N) is 1. The summed E-state index contributed by atoms with van der Waals surface area (Å²) < 4.78 is 0. The molecule has 4 nitrogen and oxygen atoms in total. The van der Waals surface area contributed by atoms with E-state index in [2.05, 4.69) is 5.32 Å². The Morgan fingerprint density at radius 1 is 1.40 bits per heavy atom.